The smallest absolute Gasteiger partial charge is 0.240 e. The van der Waals surface area contributed by atoms with Gasteiger partial charge in [0.2, 0.25) is 5.91 Å². The van der Waals surface area contributed by atoms with Gasteiger partial charge in [-0.15, -0.1) is 0 Å². The number of carbonyl (C=O) groups is 1. The lowest BCUT2D eigenvalue weighted by atomic mass is 9.87. The summed E-state index contributed by atoms with van der Waals surface area (Å²) in [6.45, 7) is 0.948. The molecular formula is C29H31N7O. The summed E-state index contributed by atoms with van der Waals surface area (Å²) in [5, 5.41) is 7.91. The number of nitrogen functional groups attached to an aromatic ring is 1. The molecule has 3 unspecified atom stereocenters. The fraction of sp³-hybridized carbons (Fsp3) is 0.379. The number of pyridine rings is 1. The van der Waals surface area contributed by atoms with E-state index in [9.17, 15) is 4.79 Å². The molecule has 1 amide bonds. The summed E-state index contributed by atoms with van der Waals surface area (Å²) in [5.74, 6) is 1.17. The van der Waals surface area contributed by atoms with Gasteiger partial charge in [0.1, 0.15) is 5.82 Å². The van der Waals surface area contributed by atoms with Gasteiger partial charge in [-0.05, 0) is 51.1 Å². The lowest BCUT2D eigenvalue weighted by Gasteiger charge is -2.40. The zero-order valence-electron chi connectivity index (χ0n) is 20.8. The molecule has 3 aromatic heterocycles. The normalized spacial score (nSPS) is 25.1. The quantitative estimate of drug-likeness (QED) is 0.445. The summed E-state index contributed by atoms with van der Waals surface area (Å²) < 4.78 is 1.71. The van der Waals surface area contributed by atoms with Crippen LogP contribution in [0.5, 0.6) is 0 Å². The van der Waals surface area contributed by atoms with Crippen molar-refractivity contribution >= 4 is 17.4 Å². The number of nitrogens with zero attached hydrogens (tertiary/aromatic N) is 5. The van der Waals surface area contributed by atoms with E-state index in [1.807, 2.05) is 42.7 Å². The summed E-state index contributed by atoms with van der Waals surface area (Å²) in [6.07, 6.45) is 9.78. The zero-order valence-corrected chi connectivity index (χ0v) is 20.8. The fourth-order valence-electron chi connectivity index (χ4n) is 6.61. The number of hydrogen-bond donors (Lipinski definition) is 2. The zero-order chi connectivity index (χ0) is 24.9. The van der Waals surface area contributed by atoms with Crippen LogP contribution in [-0.2, 0) is 4.79 Å². The molecule has 3 atom stereocenters. The number of nitrogens with one attached hydrogen (secondary N) is 1. The van der Waals surface area contributed by atoms with Crippen LogP contribution >= 0.6 is 0 Å². The van der Waals surface area contributed by atoms with Crippen molar-refractivity contribution in [3.63, 3.8) is 0 Å². The molecule has 0 saturated carbocycles. The lowest BCUT2D eigenvalue weighted by Crippen LogP contribution is -2.52. The van der Waals surface area contributed by atoms with Crippen molar-refractivity contribution in [2.45, 2.75) is 62.6 Å². The first-order valence-electron chi connectivity index (χ1n) is 13.4. The van der Waals surface area contributed by atoms with Crippen LogP contribution in [0.3, 0.4) is 0 Å². The molecule has 8 nitrogen and oxygen atoms in total. The second kappa shape index (κ2) is 8.95. The summed E-state index contributed by atoms with van der Waals surface area (Å²) in [6, 6.07) is 16.8. The second-order valence-corrected chi connectivity index (χ2v) is 10.6. The van der Waals surface area contributed by atoms with E-state index in [0.717, 1.165) is 78.8 Å². The highest BCUT2D eigenvalue weighted by atomic mass is 16.2. The average Bonchev–Trinajstić information content (AvgIpc) is 3.68. The maximum Gasteiger partial charge on any atom is 0.240 e. The van der Waals surface area contributed by atoms with Crippen molar-refractivity contribution in [2.75, 3.05) is 12.3 Å². The number of fused-ring (bicyclic) bond motifs is 3. The number of piperidine rings is 1. The first-order valence-corrected chi connectivity index (χ1v) is 13.4. The van der Waals surface area contributed by atoms with E-state index < -0.39 is 0 Å². The summed E-state index contributed by atoms with van der Waals surface area (Å²) in [4.78, 5) is 25.2. The molecule has 37 heavy (non-hydrogen) atoms. The van der Waals surface area contributed by atoms with Crippen LogP contribution < -0.4 is 11.1 Å². The Balaban J connectivity index is 1.17. The summed E-state index contributed by atoms with van der Waals surface area (Å²) in [5.41, 5.74) is 12.1. The first-order chi connectivity index (χ1) is 18.2. The standard InChI is InChI=1S/C29H31N7O/c30-27-15-26(20-13-21-9-10-22(14-20)35(21)29(37)25-7-4-12-31-25)34-28-23(17-33-36(27)28)19-8-11-24(32-16-19)18-5-2-1-3-6-18/h1-3,5-6,8,11,15-17,20-22,25,31H,4,7,9-10,12-14,30H2. The number of carbonyl (C=O) groups excluding carboxylic acids is 1. The van der Waals surface area contributed by atoms with E-state index in [1.54, 1.807) is 4.52 Å². The predicted octanol–water partition coefficient (Wildman–Crippen LogP) is 4.03. The van der Waals surface area contributed by atoms with Gasteiger partial charge in [0.25, 0.3) is 0 Å². The number of hydrogen-bond acceptors (Lipinski definition) is 6. The molecule has 4 aromatic rings. The van der Waals surface area contributed by atoms with Crippen molar-refractivity contribution < 1.29 is 4.79 Å². The Morgan fingerprint density at radius 1 is 0.973 bits per heavy atom. The van der Waals surface area contributed by atoms with Crippen molar-refractivity contribution in [2.24, 2.45) is 0 Å². The highest BCUT2D eigenvalue weighted by molar-refractivity contribution is 5.83. The molecule has 2 bridgehead atoms. The van der Waals surface area contributed by atoms with Gasteiger partial charge in [-0.2, -0.15) is 9.61 Å². The molecule has 0 spiro atoms. The second-order valence-electron chi connectivity index (χ2n) is 10.6. The maximum atomic E-state index is 13.2. The minimum absolute atomic E-state index is 0.000935. The number of benzene rings is 1. The number of rotatable bonds is 4. The van der Waals surface area contributed by atoms with Gasteiger partial charge in [-0.25, -0.2) is 4.98 Å². The molecule has 0 aliphatic carbocycles. The molecule has 188 valence electrons. The molecule has 7 rings (SSSR count). The molecular weight excluding hydrogens is 462 g/mol. The van der Waals surface area contributed by atoms with E-state index in [0.29, 0.717) is 11.7 Å². The van der Waals surface area contributed by atoms with Gasteiger partial charge in [-0.1, -0.05) is 36.4 Å². The molecule has 3 fully saturated rings. The molecule has 0 radical (unpaired) electrons. The largest absolute Gasteiger partial charge is 0.384 e. The van der Waals surface area contributed by atoms with Crippen molar-refractivity contribution in [1.29, 1.82) is 0 Å². The van der Waals surface area contributed by atoms with E-state index >= 15 is 0 Å². The molecule has 3 N–H and O–H groups in total. The molecule has 1 aromatic carbocycles. The van der Waals surface area contributed by atoms with Gasteiger partial charge in [0.15, 0.2) is 5.65 Å². The van der Waals surface area contributed by atoms with Crippen LogP contribution in [0.15, 0.2) is 60.9 Å². The third kappa shape index (κ3) is 3.87. The van der Waals surface area contributed by atoms with Crippen molar-refractivity contribution in [3.05, 3.63) is 66.6 Å². The highest BCUT2D eigenvalue weighted by Crippen LogP contribution is 2.44. The number of amides is 1. The van der Waals surface area contributed by atoms with Crippen LogP contribution in [-0.4, -0.2) is 55.1 Å². The van der Waals surface area contributed by atoms with Crippen LogP contribution in [0.4, 0.5) is 5.82 Å². The molecule has 6 heterocycles. The highest BCUT2D eigenvalue weighted by Gasteiger charge is 2.45. The monoisotopic (exact) mass is 493 g/mol. The van der Waals surface area contributed by atoms with E-state index in [2.05, 4.69) is 33.5 Å². The minimum atomic E-state index is 0.000935. The third-order valence-electron chi connectivity index (χ3n) is 8.43. The first kappa shape index (κ1) is 22.4. The van der Waals surface area contributed by atoms with Gasteiger partial charge in [-0.3, -0.25) is 9.78 Å². The van der Waals surface area contributed by atoms with Gasteiger partial charge >= 0.3 is 0 Å². The van der Waals surface area contributed by atoms with Crippen molar-refractivity contribution in [1.82, 2.24) is 29.8 Å². The SMILES string of the molecule is Nc1cc(C2CC3CCC(C2)N3C(=O)C2CCCN2)nc2c(-c3ccc(-c4ccccc4)nc3)cnn12. The number of anilines is 1. The molecule has 3 saturated heterocycles. The summed E-state index contributed by atoms with van der Waals surface area (Å²) >= 11 is 0. The minimum Gasteiger partial charge on any atom is -0.384 e. The summed E-state index contributed by atoms with van der Waals surface area (Å²) in [7, 11) is 0. The van der Waals surface area contributed by atoms with Crippen LogP contribution in [0.2, 0.25) is 0 Å². The van der Waals surface area contributed by atoms with Crippen molar-refractivity contribution in [3.8, 4) is 22.4 Å². The Kier molecular flexibility index (Phi) is 5.43. The van der Waals surface area contributed by atoms with E-state index in [-0.39, 0.29) is 24.0 Å². The molecule has 3 aliphatic rings. The van der Waals surface area contributed by atoms with Gasteiger partial charge in [0, 0.05) is 52.6 Å². The van der Waals surface area contributed by atoms with Crippen LogP contribution in [0.25, 0.3) is 28.0 Å². The van der Waals surface area contributed by atoms with Gasteiger partial charge in [0.05, 0.1) is 17.9 Å². The average molecular weight is 494 g/mol. The van der Waals surface area contributed by atoms with E-state index in [4.69, 9.17) is 15.7 Å². The third-order valence-corrected chi connectivity index (χ3v) is 8.43. The lowest BCUT2D eigenvalue weighted by molar-refractivity contribution is -0.137. The Morgan fingerprint density at radius 2 is 1.78 bits per heavy atom. The van der Waals surface area contributed by atoms with Crippen LogP contribution in [0, 0.1) is 0 Å². The Bertz CT molecular complexity index is 1430. The van der Waals surface area contributed by atoms with Crippen LogP contribution in [0.1, 0.15) is 50.1 Å². The molecule has 8 heteroatoms. The number of nitrogens with two attached hydrogens (primary N) is 1. The Morgan fingerprint density at radius 3 is 2.49 bits per heavy atom. The molecule has 3 aliphatic heterocycles. The van der Waals surface area contributed by atoms with E-state index in [1.165, 1.54) is 0 Å². The Hall–Kier alpha value is -3.78. The van der Waals surface area contributed by atoms with Gasteiger partial charge < -0.3 is 16.0 Å². The predicted molar refractivity (Wildman–Crippen MR) is 143 cm³/mol. The Labute approximate surface area is 215 Å². The maximum absolute atomic E-state index is 13.2. The number of aromatic nitrogens is 4. The topological polar surface area (TPSA) is 101 Å². The fourth-order valence-corrected chi connectivity index (χ4v) is 6.61.